The lowest BCUT2D eigenvalue weighted by Crippen LogP contribution is -2.17. The Balaban J connectivity index is 1.89. The van der Waals surface area contributed by atoms with E-state index in [4.69, 9.17) is 4.74 Å². The molecule has 1 aromatic rings. The maximum atomic E-state index is 11.8. The molecule has 1 saturated carbocycles. The quantitative estimate of drug-likeness (QED) is 0.759. The van der Waals surface area contributed by atoms with E-state index in [9.17, 15) is 4.79 Å². The summed E-state index contributed by atoms with van der Waals surface area (Å²) in [6.45, 7) is 0. The molecule has 0 bridgehead atoms. The molecule has 1 aliphatic rings. The predicted octanol–water partition coefficient (Wildman–Crippen LogP) is 3.00. The van der Waals surface area contributed by atoms with Gasteiger partial charge in [-0.1, -0.05) is 31.4 Å². The van der Waals surface area contributed by atoms with Crippen molar-refractivity contribution in [3.05, 3.63) is 29.8 Å². The van der Waals surface area contributed by atoms with Gasteiger partial charge in [-0.25, -0.2) is 0 Å². The molecule has 0 amide bonds. The summed E-state index contributed by atoms with van der Waals surface area (Å²) in [5.74, 6) is 1.85. The molecule has 0 N–H and O–H groups in total. The van der Waals surface area contributed by atoms with Crippen LogP contribution in [-0.2, 0) is 11.2 Å². The standard InChI is InChI=1S/C14H18O2/c1-16-14-7-3-6-12(10-14)9-13(15)8-11-4-2-5-11/h3,6-7,10-11H,2,4-5,8-9H2,1H3. The number of ether oxygens (including phenoxy) is 1. The fraction of sp³-hybridized carbons (Fsp3) is 0.500. The number of methoxy groups -OCH3 is 1. The molecule has 0 spiro atoms. The molecule has 2 nitrogen and oxygen atoms in total. The average molecular weight is 218 g/mol. The first-order chi connectivity index (χ1) is 7.78. The van der Waals surface area contributed by atoms with E-state index < -0.39 is 0 Å². The zero-order valence-corrected chi connectivity index (χ0v) is 9.74. The van der Waals surface area contributed by atoms with Crippen LogP contribution in [0.5, 0.6) is 5.75 Å². The van der Waals surface area contributed by atoms with Crippen molar-refractivity contribution in [1.29, 1.82) is 0 Å². The minimum absolute atomic E-state index is 0.359. The van der Waals surface area contributed by atoms with Gasteiger partial charge in [-0.3, -0.25) is 4.79 Å². The van der Waals surface area contributed by atoms with Crippen LogP contribution in [0.1, 0.15) is 31.2 Å². The molecule has 0 aromatic heterocycles. The van der Waals surface area contributed by atoms with E-state index in [0.29, 0.717) is 18.1 Å². The Hall–Kier alpha value is -1.31. The minimum atomic E-state index is 0.359. The van der Waals surface area contributed by atoms with Crippen molar-refractivity contribution >= 4 is 5.78 Å². The summed E-state index contributed by atoms with van der Waals surface area (Å²) in [5, 5.41) is 0. The van der Waals surface area contributed by atoms with E-state index in [2.05, 4.69) is 0 Å². The van der Waals surface area contributed by atoms with Gasteiger partial charge in [-0.15, -0.1) is 0 Å². The normalized spacial score (nSPS) is 15.6. The number of carbonyl (C=O) groups is 1. The van der Waals surface area contributed by atoms with Gasteiger partial charge in [0.1, 0.15) is 11.5 Å². The van der Waals surface area contributed by atoms with E-state index in [0.717, 1.165) is 17.7 Å². The number of carbonyl (C=O) groups excluding carboxylic acids is 1. The molecular weight excluding hydrogens is 200 g/mol. The fourth-order valence-electron chi connectivity index (χ4n) is 2.10. The number of hydrogen-bond donors (Lipinski definition) is 0. The van der Waals surface area contributed by atoms with Crippen LogP contribution in [-0.4, -0.2) is 12.9 Å². The van der Waals surface area contributed by atoms with Crippen molar-refractivity contribution in [2.24, 2.45) is 5.92 Å². The maximum Gasteiger partial charge on any atom is 0.137 e. The minimum Gasteiger partial charge on any atom is -0.497 e. The monoisotopic (exact) mass is 218 g/mol. The van der Waals surface area contributed by atoms with Crippen molar-refractivity contribution < 1.29 is 9.53 Å². The van der Waals surface area contributed by atoms with Gasteiger partial charge in [0.2, 0.25) is 0 Å². The second-order valence-electron chi connectivity index (χ2n) is 4.57. The highest BCUT2D eigenvalue weighted by Gasteiger charge is 2.20. The van der Waals surface area contributed by atoms with E-state index in [1.165, 1.54) is 19.3 Å². The summed E-state index contributed by atoms with van der Waals surface area (Å²) in [6, 6.07) is 7.77. The van der Waals surface area contributed by atoms with Crippen LogP contribution in [0, 0.1) is 5.92 Å². The molecule has 1 aliphatic carbocycles. The summed E-state index contributed by atoms with van der Waals surface area (Å²) in [5.41, 5.74) is 1.06. The van der Waals surface area contributed by atoms with Crippen LogP contribution in [0.2, 0.25) is 0 Å². The van der Waals surface area contributed by atoms with Gasteiger partial charge in [0.05, 0.1) is 7.11 Å². The van der Waals surface area contributed by atoms with Gasteiger partial charge in [-0.2, -0.15) is 0 Å². The summed E-state index contributed by atoms with van der Waals surface area (Å²) in [4.78, 5) is 11.8. The SMILES string of the molecule is COc1cccc(CC(=O)CC2CCC2)c1. The molecule has 0 unspecified atom stereocenters. The van der Waals surface area contributed by atoms with Gasteiger partial charge in [0.15, 0.2) is 0 Å². The number of rotatable bonds is 5. The molecule has 0 saturated heterocycles. The van der Waals surface area contributed by atoms with E-state index in [-0.39, 0.29) is 0 Å². The largest absolute Gasteiger partial charge is 0.497 e. The van der Waals surface area contributed by atoms with E-state index >= 15 is 0 Å². The highest BCUT2D eigenvalue weighted by molar-refractivity contribution is 5.81. The Kier molecular flexibility index (Phi) is 3.60. The zero-order chi connectivity index (χ0) is 11.4. The third kappa shape index (κ3) is 2.84. The number of Topliss-reactive ketones (excluding diaryl/α,β-unsaturated/α-hetero) is 1. The maximum absolute atomic E-state index is 11.8. The van der Waals surface area contributed by atoms with Crippen molar-refractivity contribution in [3.8, 4) is 5.75 Å². The molecule has 2 heteroatoms. The van der Waals surface area contributed by atoms with Crippen molar-refractivity contribution in [2.75, 3.05) is 7.11 Å². The topological polar surface area (TPSA) is 26.3 Å². The number of benzene rings is 1. The van der Waals surface area contributed by atoms with E-state index in [1.54, 1.807) is 7.11 Å². The smallest absolute Gasteiger partial charge is 0.137 e. The van der Waals surface area contributed by atoms with E-state index in [1.807, 2.05) is 24.3 Å². The van der Waals surface area contributed by atoms with Crippen LogP contribution in [0.25, 0.3) is 0 Å². The highest BCUT2D eigenvalue weighted by atomic mass is 16.5. The van der Waals surface area contributed by atoms with Gasteiger partial charge in [0.25, 0.3) is 0 Å². The predicted molar refractivity (Wildman–Crippen MR) is 63.7 cm³/mol. The second kappa shape index (κ2) is 5.15. The first kappa shape index (κ1) is 11.2. The number of hydrogen-bond acceptors (Lipinski definition) is 2. The average Bonchev–Trinajstić information content (AvgIpc) is 2.24. The molecule has 86 valence electrons. The van der Waals surface area contributed by atoms with Gasteiger partial charge in [-0.05, 0) is 23.6 Å². The lowest BCUT2D eigenvalue weighted by atomic mass is 9.81. The third-order valence-electron chi connectivity index (χ3n) is 3.28. The van der Waals surface area contributed by atoms with Gasteiger partial charge < -0.3 is 4.74 Å². The Morgan fingerprint density at radius 2 is 2.25 bits per heavy atom. The second-order valence-corrected chi connectivity index (χ2v) is 4.57. The van der Waals surface area contributed by atoms with Crippen LogP contribution in [0.3, 0.4) is 0 Å². The first-order valence-corrected chi connectivity index (χ1v) is 5.92. The van der Waals surface area contributed by atoms with Crippen molar-refractivity contribution in [2.45, 2.75) is 32.1 Å². The lowest BCUT2D eigenvalue weighted by molar-refractivity contribution is -0.119. The molecule has 16 heavy (non-hydrogen) atoms. The Morgan fingerprint density at radius 1 is 1.44 bits per heavy atom. The summed E-state index contributed by atoms with van der Waals surface area (Å²) < 4.78 is 5.14. The van der Waals surface area contributed by atoms with Crippen LogP contribution < -0.4 is 4.74 Å². The van der Waals surface area contributed by atoms with Crippen LogP contribution >= 0.6 is 0 Å². The zero-order valence-electron chi connectivity index (χ0n) is 9.74. The highest BCUT2D eigenvalue weighted by Crippen LogP contribution is 2.29. The molecule has 0 radical (unpaired) electrons. The molecular formula is C14H18O2. The lowest BCUT2D eigenvalue weighted by Gasteiger charge is -2.24. The third-order valence-corrected chi connectivity index (χ3v) is 3.28. The van der Waals surface area contributed by atoms with Gasteiger partial charge >= 0.3 is 0 Å². The summed E-state index contributed by atoms with van der Waals surface area (Å²) in [7, 11) is 1.65. The molecule has 0 heterocycles. The molecule has 0 atom stereocenters. The van der Waals surface area contributed by atoms with Gasteiger partial charge in [0, 0.05) is 12.8 Å². The summed E-state index contributed by atoms with van der Waals surface area (Å²) in [6.07, 6.45) is 5.09. The first-order valence-electron chi connectivity index (χ1n) is 5.92. The molecule has 2 rings (SSSR count). The molecule has 1 fully saturated rings. The molecule has 1 aromatic carbocycles. The van der Waals surface area contributed by atoms with Crippen molar-refractivity contribution in [1.82, 2.24) is 0 Å². The van der Waals surface area contributed by atoms with Crippen molar-refractivity contribution in [3.63, 3.8) is 0 Å². The van der Waals surface area contributed by atoms with Crippen LogP contribution in [0.4, 0.5) is 0 Å². The fourth-order valence-corrected chi connectivity index (χ4v) is 2.10. The summed E-state index contributed by atoms with van der Waals surface area (Å²) >= 11 is 0. The van der Waals surface area contributed by atoms with Crippen LogP contribution in [0.15, 0.2) is 24.3 Å². The number of ketones is 1. The Bertz CT molecular complexity index is 367. The Morgan fingerprint density at radius 3 is 2.88 bits per heavy atom. The Labute approximate surface area is 96.6 Å². The molecule has 0 aliphatic heterocycles.